The summed E-state index contributed by atoms with van der Waals surface area (Å²) in [5.74, 6) is 1.32. The molecule has 8 nitrogen and oxygen atoms in total. The van der Waals surface area contributed by atoms with Gasteiger partial charge >= 0.3 is 0 Å². The second-order valence-corrected chi connectivity index (χ2v) is 9.45. The van der Waals surface area contributed by atoms with Crippen molar-refractivity contribution in [2.75, 3.05) is 11.5 Å². The number of fused-ring (bicyclic) bond motifs is 1. The van der Waals surface area contributed by atoms with Crippen LogP contribution in [0.15, 0.2) is 37.5 Å². The van der Waals surface area contributed by atoms with Crippen LogP contribution in [0.2, 0.25) is 5.02 Å². The third-order valence-electron chi connectivity index (χ3n) is 3.81. The Kier molecular flexibility index (Phi) is 5.17. The Labute approximate surface area is 177 Å². The van der Waals surface area contributed by atoms with Gasteiger partial charge in [0.2, 0.25) is 6.79 Å². The van der Waals surface area contributed by atoms with E-state index in [-0.39, 0.29) is 29.2 Å². The van der Waals surface area contributed by atoms with Crippen LogP contribution in [0.25, 0.3) is 0 Å². The highest BCUT2D eigenvalue weighted by Crippen LogP contribution is 2.44. The Balaban J connectivity index is 1.54. The summed E-state index contributed by atoms with van der Waals surface area (Å²) in [7, 11) is -3.89. The van der Waals surface area contributed by atoms with Gasteiger partial charge in [-0.05, 0) is 46.4 Å². The van der Waals surface area contributed by atoms with E-state index >= 15 is 0 Å². The predicted molar refractivity (Wildman–Crippen MR) is 106 cm³/mol. The largest absolute Gasteiger partial charge is 0.486 e. The standard InChI is InChI=1S/C16H12BrClN2O6S2/c1-8-13(17)16(26-19-8)20-28(21,22)12-4-5-27-11(12)6-23-9-2-3-10-15(14(9)18)25-7-24-10/h2-5,20H,6-7H2,1H3. The highest BCUT2D eigenvalue weighted by atomic mass is 79.9. The van der Waals surface area contributed by atoms with Crippen molar-refractivity contribution in [3.05, 3.63) is 43.6 Å². The van der Waals surface area contributed by atoms with Crippen LogP contribution in [-0.4, -0.2) is 20.4 Å². The Hall–Kier alpha value is -1.95. The lowest BCUT2D eigenvalue weighted by atomic mass is 10.3. The zero-order valence-electron chi connectivity index (χ0n) is 14.2. The molecule has 1 aliphatic rings. The first-order valence-electron chi connectivity index (χ1n) is 7.78. The second kappa shape index (κ2) is 7.47. The van der Waals surface area contributed by atoms with Gasteiger partial charge in [0.1, 0.15) is 26.7 Å². The van der Waals surface area contributed by atoms with E-state index in [0.29, 0.717) is 32.3 Å². The molecule has 3 heterocycles. The number of hydrogen-bond donors (Lipinski definition) is 1. The normalized spacial score (nSPS) is 13.0. The highest BCUT2D eigenvalue weighted by Gasteiger charge is 2.25. The van der Waals surface area contributed by atoms with E-state index in [9.17, 15) is 8.42 Å². The van der Waals surface area contributed by atoms with Gasteiger partial charge in [0.15, 0.2) is 11.5 Å². The zero-order valence-corrected chi connectivity index (χ0v) is 18.2. The van der Waals surface area contributed by atoms with Gasteiger partial charge in [0.05, 0.1) is 10.6 Å². The minimum atomic E-state index is -3.89. The molecule has 1 aliphatic heterocycles. The molecule has 148 valence electrons. The van der Waals surface area contributed by atoms with E-state index in [4.69, 9.17) is 30.3 Å². The lowest BCUT2D eigenvalue weighted by Crippen LogP contribution is -2.14. The van der Waals surface area contributed by atoms with Gasteiger partial charge < -0.3 is 18.7 Å². The number of thiophene rings is 1. The number of sulfonamides is 1. The fourth-order valence-electron chi connectivity index (χ4n) is 2.45. The van der Waals surface area contributed by atoms with Crippen LogP contribution in [0.5, 0.6) is 17.2 Å². The van der Waals surface area contributed by atoms with Gasteiger partial charge in [0, 0.05) is 0 Å². The van der Waals surface area contributed by atoms with Crippen LogP contribution in [0.4, 0.5) is 5.88 Å². The van der Waals surface area contributed by atoms with Crippen LogP contribution < -0.4 is 18.9 Å². The van der Waals surface area contributed by atoms with Gasteiger partial charge in [-0.25, -0.2) is 13.1 Å². The van der Waals surface area contributed by atoms with E-state index in [1.165, 1.54) is 17.4 Å². The third kappa shape index (κ3) is 3.54. The molecule has 0 saturated heterocycles. The number of ether oxygens (including phenoxy) is 3. The summed E-state index contributed by atoms with van der Waals surface area (Å²) < 4.78 is 49.6. The molecule has 0 saturated carbocycles. The minimum absolute atomic E-state index is 0.00385. The first kappa shape index (κ1) is 19.4. The van der Waals surface area contributed by atoms with Crippen molar-refractivity contribution in [3.8, 4) is 17.2 Å². The average Bonchev–Trinajstić information content (AvgIpc) is 3.38. The molecular formula is C16H12BrClN2O6S2. The van der Waals surface area contributed by atoms with Gasteiger partial charge in [-0.2, -0.15) is 0 Å². The van der Waals surface area contributed by atoms with Crippen molar-refractivity contribution in [2.45, 2.75) is 18.4 Å². The van der Waals surface area contributed by atoms with Crippen molar-refractivity contribution in [1.29, 1.82) is 0 Å². The predicted octanol–water partition coefficient (Wildman–Crippen LogP) is 4.57. The molecule has 12 heteroatoms. The highest BCUT2D eigenvalue weighted by molar-refractivity contribution is 9.10. The molecule has 1 N–H and O–H groups in total. The molecule has 0 fully saturated rings. The van der Waals surface area contributed by atoms with Crippen molar-refractivity contribution >= 4 is 54.8 Å². The number of aromatic nitrogens is 1. The molecule has 0 spiro atoms. The zero-order chi connectivity index (χ0) is 19.9. The number of nitrogens with one attached hydrogen (secondary N) is 1. The van der Waals surface area contributed by atoms with Crippen molar-refractivity contribution in [1.82, 2.24) is 5.16 Å². The van der Waals surface area contributed by atoms with Gasteiger partial charge in [0.25, 0.3) is 15.9 Å². The molecule has 2 aromatic heterocycles. The van der Waals surface area contributed by atoms with Crippen molar-refractivity contribution < 1.29 is 27.2 Å². The van der Waals surface area contributed by atoms with Crippen LogP contribution in [-0.2, 0) is 16.6 Å². The molecule has 0 unspecified atom stereocenters. The third-order valence-corrected chi connectivity index (χ3v) is 7.55. The van der Waals surface area contributed by atoms with Crippen LogP contribution in [0.3, 0.4) is 0 Å². The van der Waals surface area contributed by atoms with Crippen LogP contribution in [0, 0.1) is 6.92 Å². The summed E-state index contributed by atoms with van der Waals surface area (Å²) in [6, 6.07) is 4.81. The van der Waals surface area contributed by atoms with E-state index in [1.54, 1.807) is 24.4 Å². The lowest BCUT2D eigenvalue weighted by molar-refractivity contribution is 0.174. The number of aryl methyl sites for hydroxylation is 1. The topological polar surface area (TPSA) is 99.9 Å². The first-order valence-corrected chi connectivity index (χ1v) is 11.3. The van der Waals surface area contributed by atoms with Crippen molar-refractivity contribution in [3.63, 3.8) is 0 Å². The summed E-state index contributed by atoms with van der Waals surface area (Å²) in [6.45, 7) is 1.78. The molecule has 0 bridgehead atoms. The summed E-state index contributed by atoms with van der Waals surface area (Å²) in [6.07, 6.45) is 0. The monoisotopic (exact) mass is 506 g/mol. The molecule has 4 rings (SSSR count). The fraction of sp³-hybridized carbons (Fsp3) is 0.188. The summed E-state index contributed by atoms with van der Waals surface area (Å²) in [5, 5.41) is 5.65. The van der Waals surface area contributed by atoms with E-state index < -0.39 is 10.0 Å². The summed E-state index contributed by atoms with van der Waals surface area (Å²) >= 11 is 10.8. The maximum atomic E-state index is 12.7. The number of anilines is 1. The number of benzene rings is 1. The molecule has 28 heavy (non-hydrogen) atoms. The Bertz CT molecular complexity index is 1140. The second-order valence-electron chi connectivity index (χ2n) is 5.62. The quantitative estimate of drug-likeness (QED) is 0.522. The number of halogens is 2. The number of rotatable bonds is 6. The van der Waals surface area contributed by atoms with E-state index in [1.807, 2.05) is 0 Å². The van der Waals surface area contributed by atoms with E-state index in [0.717, 1.165) is 0 Å². The smallest absolute Gasteiger partial charge is 0.265 e. The number of nitrogens with zero attached hydrogens (tertiary/aromatic N) is 1. The maximum absolute atomic E-state index is 12.7. The SMILES string of the molecule is Cc1noc(NS(=O)(=O)c2ccsc2COc2ccc3c(c2Cl)OCO3)c1Br. The van der Waals surface area contributed by atoms with Gasteiger partial charge in [-0.1, -0.05) is 16.8 Å². The molecule has 0 aliphatic carbocycles. The van der Waals surface area contributed by atoms with Crippen LogP contribution >= 0.6 is 38.9 Å². The Morgan fingerprint density at radius 3 is 2.93 bits per heavy atom. The Morgan fingerprint density at radius 1 is 1.36 bits per heavy atom. The molecule has 3 aromatic rings. The molecule has 1 aromatic carbocycles. The Morgan fingerprint density at radius 2 is 2.18 bits per heavy atom. The fourth-order valence-corrected chi connectivity index (χ4v) is 5.43. The maximum Gasteiger partial charge on any atom is 0.265 e. The molecular weight excluding hydrogens is 496 g/mol. The van der Waals surface area contributed by atoms with Crippen molar-refractivity contribution in [2.24, 2.45) is 0 Å². The molecule has 0 amide bonds. The molecule has 0 radical (unpaired) electrons. The lowest BCUT2D eigenvalue weighted by Gasteiger charge is -2.10. The average molecular weight is 508 g/mol. The van der Waals surface area contributed by atoms with E-state index in [2.05, 4.69) is 25.8 Å². The van der Waals surface area contributed by atoms with Gasteiger partial charge in [-0.15, -0.1) is 11.3 Å². The van der Waals surface area contributed by atoms with Gasteiger partial charge in [-0.3, -0.25) is 0 Å². The van der Waals surface area contributed by atoms with Crippen LogP contribution in [0.1, 0.15) is 10.6 Å². The molecule has 0 atom stereocenters. The summed E-state index contributed by atoms with van der Waals surface area (Å²) in [4.78, 5) is 0.573. The number of hydrogen-bond acceptors (Lipinski definition) is 8. The summed E-state index contributed by atoms with van der Waals surface area (Å²) in [5.41, 5.74) is 0.532. The first-order chi connectivity index (χ1) is 13.4. The minimum Gasteiger partial charge on any atom is -0.486 e.